The molecule has 0 radical (unpaired) electrons. The SMILES string of the molecule is CCOc1ccc(NC(=S)Nc2ccc(OCC)cc2)cc1.O.[H-].[H-].[Na+].[Na+]. The zero-order chi connectivity index (χ0) is 15.8. The molecule has 0 amide bonds. The second kappa shape index (κ2) is 14.8. The average molecular weight is 382 g/mol. The smallest absolute Gasteiger partial charge is 1.00 e. The molecule has 0 saturated carbocycles. The number of anilines is 2. The third-order valence-corrected chi connectivity index (χ3v) is 3.05. The van der Waals surface area contributed by atoms with Crippen molar-refractivity contribution in [2.75, 3.05) is 23.8 Å². The molecule has 8 heteroatoms. The maximum Gasteiger partial charge on any atom is 1.00 e. The molecule has 5 nitrogen and oxygen atoms in total. The van der Waals surface area contributed by atoms with Crippen LogP contribution in [0.5, 0.6) is 11.5 Å². The zero-order valence-corrected chi connectivity index (χ0v) is 20.1. The molecule has 2 aromatic carbocycles. The molecule has 0 saturated heterocycles. The summed E-state index contributed by atoms with van der Waals surface area (Å²) in [5, 5.41) is 6.80. The second-order valence-corrected chi connectivity index (χ2v) is 4.90. The van der Waals surface area contributed by atoms with Crippen LogP contribution >= 0.6 is 12.2 Å². The Bertz CT molecular complexity index is 567. The van der Waals surface area contributed by atoms with Crippen molar-refractivity contribution in [1.82, 2.24) is 0 Å². The fraction of sp³-hybridized carbons (Fsp3) is 0.235. The van der Waals surface area contributed by atoms with Gasteiger partial charge in [-0.15, -0.1) is 0 Å². The minimum absolute atomic E-state index is 0. The first kappa shape index (κ1) is 26.9. The van der Waals surface area contributed by atoms with Gasteiger partial charge in [0, 0.05) is 11.4 Å². The van der Waals surface area contributed by atoms with E-state index < -0.39 is 0 Å². The fourth-order valence-electron chi connectivity index (χ4n) is 1.90. The van der Waals surface area contributed by atoms with Gasteiger partial charge in [-0.05, 0) is 74.6 Å². The molecule has 0 bridgehead atoms. The molecule has 0 fully saturated rings. The van der Waals surface area contributed by atoms with Crippen LogP contribution in [0.1, 0.15) is 16.7 Å². The summed E-state index contributed by atoms with van der Waals surface area (Å²) < 4.78 is 10.8. The number of nitrogens with one attached hydrogen (secondary N) is 2. The van der Waals surface area contributed by atoms with Crippen LogP contribution < -0.4 is 79.2 Å². The molecule has 4 N–H and O–H groups in total. The van der Waals surface area contributed by atoms with Crippen LogP contribution in [0.3, 0.4) is 0 Å². The first-order valence-electron chi connectivity index (χ1n) is 7.25. The number of benzene rings is 2. The molecule has 128 valence electrons. The zero-order valence-electron chi connectivity index (χ0n) is 17.3. The van der Waals surface area contributed by atoms with Crippen LogP contribution in [0.4, 0.5) is 11.4 Å². The van der Waals surface area contributed by atoms with Crippen LogP contribution in [0, 0.1) is 0 Å². The van der Waals surface area contributed by atoms with Gasteiger partial charge in [-0.25, -0.2) is 0 Å². The quantitative estimate of drug-likeness (QED) is 0.434. The predicted molar refractivity (Wildman–Crippen MR) is 101 cm³/mol. The van der Waals surface area contributed by atoms with Crippen LogP contribution in [0.2, 0.25) is 0 Å². The number of hydrogen-bond donors (Lipinski definition) is 2. The molecule has 0 atom stereocenters. The maximum absolute atomic E-state index is 5.40. The van der Waals surface area contributed by atoms with E-state index in [-0.39, 0.29) is 67.4 Å². The number of ether oxygens (including phenoxy) is 2. The molecule has 0 aromatic heterocycles. The Morgan fingerprint density at radius 2 is 1.12 bits per heavy atom. The van der Waals surface area contributed by atoms with Crippen molar-refractivity contribution in [3.63, 3.8) is 0 Å². The Labute approximate surface area is 201 Å². The number of rotatable bonds is 6. The molecule has 0 aliphatic rings. The van der Waals surface area contributed by atoms with Crippen LogP contribution in [-0.2, 0) is 0 Å². The first-order valence-corrected chi connectivity index (χ1v) is 7.65. The molecular weight excluding hydrogens is 358 g/mol. The van der Waals surface area contributed by atoms with Gasteiger partial charge in [0.2, 0.25) is 0 Å². The van der Waals surface area contributed by atoms with E-state index in [1.165, 1.54) is 0 Å². The molecule has 25 heavy (non-hydrogen) atoms. The summed E-state index contributed by atoms with van der Waals surface area (Å²) in [6, 6.07) is 15.3. The second-order valence-electron chi connectivity index (χ2n) is 4.49. The average Bonchev–Trinajstić information content (AvgIpc) is 2.52. The van der Waals surface area contributed by atoms with Crippen LogP contribution in [-0.4, -0.2) is 23.8 Å². The van der Waals surface area contributed by atoms with Crippen molar-refractivity contribution >= 4 is 28.7 Å². The Kier molecular flexibility index (Phi) is 16.0. The molecule has 0 aliphatic carbocycles. The van der Waals surface area contributed by atoms with Crippen molar-refractivity contribution in [2.45, 2.75) is 13.8 Å². The van der Waals surface area contributed by atoms with Crippen molar-refractivity contribution in [2.24, 2.45) is 0 Å². The molecule has 0 heterocycles. The van der Waals surface area contributed by atoms with E-state index in [1.54, 1.807) is 0 Å². The van der Waals surface area contributed by atoms with Gasteiger partial charge in [0.25, 0.3) is 0 Å². The van der Waals surface area contributed by atoms with E-state index in [4.69, 9.17) is 21.7 Å². The summed E-state index contributed by atoms with van der Waals surface area (Å²) in [5.74, 6) is 1.69. The van der Waals surface area contributed by atoms with Gasteiger partial charge in [0.15, 0.2) is 5.11 Å². The molecule has 0 spiro atoms. The van der Waals surface area contributed by atoms with Crippen molar-refractivity contribution < 1.29 is 76.9 Å². The summed E-state index contributed by atoms with van der Waals surface area (Å²) in [5.41, 5.74) is 1.82. The summed E-state index contributed by atoms with van der Waals surface area (Å²) in [6.07, 6.45) is 0. The van der Waals surface area contributed by atoms with Gasteiger partial charge in [-0.2, -0.15) is 0 Å². The van der Waals surface area contributed by atoms with E-state index in [2.05, 4.69) is 10.6 Å². The maximum atomic E-state index is 5.40. The third kappa shape index (κ3) is 9.82. The van der Waals surface area contributed by atoms with E-state index in [0.29, 0.717) is 18.3 Å². The van der Waals surface area contributed by atoms with Gasteiger partial charge >= 0.3 is 59.1 Å². The topological polar surface area (TPSA) is 74.0 Å². The van der Waals surface area contributed by atoms with E-state index in [9.17, 15) is 0 Å². The Hall–Kier alpha value is -0.310. The van der Waals surface area contributed by atoms with Gasteiger partial charge in [0.1, 0.15) is 11.5 Å². The van der Waals surface area contributed by atoms with Gasteiger partial charge in [-0.3, -0.25) is 0 Å². The van der Waals surface area contributed by atoms with Gasteiger partial charge in [0.05, 0.1) is 13.2 Å². The fourth-order valence-corrected chi connectivity index (χ4v) is 2.13. The standard InChI is InChI=1S/C17H20N2O2S.2Na.H2O.2H/c1-3-20-15-9-5-13(6-10-15)18-17(22)19-14-7-11-16(12-8-14)21-4-2;;;;;/h5-12H,3-4H2,1-2H3,(H2,18,19,22);;;1H2;;/q;2*+1;;2*-1. The summed E-state index contributed by atoms with van der Waals surface area (Å²) in [6.45, 7) is 5.24. The molecule has 2 rings (SSSR count). The Morgan fingerprint density at radius 1 is 0.800 bits per heavy atom. The normalized spacial score (nSPS) is 8.72. The Balaban J connectivity index is -0.000000529. The Morgan fingerprint density at radius 3 is 1.40 bits per heavy atom. The first-order chi connectivity index (χ1) is 10.7. The molecule has 2 aromatic rings. The minimum Gasteiger partial charge on any atom is -1.00 e. The predicted octanol–water partition coefficient (Wildman–Crippen LogP) is -2.30. The molecule has 0 aliphatic heterocycles. The summed E-state index contributed by atoms with van der Waals surface area (Å²) in [4.78, 5) is 0. The molecular formula is C17H24N2Na2O3S. The van der Waals surface area contributed by atoms with Crippen LogP contribution in [0.25, 0.3) is 0 Å². The van der Waals surface area contributed by atoms with Crippen molar-refractivity contribution in [3.05, 3.63) is 48.5 Å². The monoisotopic (exact) mass is 382 g/mol. The summed E-state index contributed by atoms with van der Waals surface area (Å²) >= 11 is 5.30. The van der Waals surface area contributed by atoms with Crippen molar-refractivity contribution in [3.8, 4) is 11.5 Å². The van der Waals surface area contributed by atoms with E-state index in [1.807, 2.05) is 62.4 Å². The van der Waals surface area contributed by atoms with Crippen molar-refractivity contribution in [1.29, 1.82) is 0 Å². The van der Waals surface area contributed by atoms with Gasteiger partial charge < -0.3 is 28.4 Å². The largest absolute Gasteiger partial charge is 1.00 e. The third-order valence-electron chi connectivity index (χ3n) is 2.85. The number of hydrogen-bond acceptors (Lipinski definition) is 3. The molecule has 0 unspecified atom stereocenters. The van der Waals surface area contributed by atoms with E-state index >= 15 is 0 Å². The van der Waals surface area contributed by atoms with Crippen LogP contribution in [0.15, 0.2) is 48.5 Å². The van der Waals surface area contributed by atoms with Gasteiger partial charge in [-0.1, -0.05) is 0 Å². The number of thiocarbonyl (C=S) groups is 1. The minimum atomic E-state index is 0. The summed E-state index contributed by atoms with van der Waals surface area (Å²) in [7, 11) is 0. The van der Waals surface area contributed by atoms with E-state index in [0.717, 1.165) is 22.9 Å².